The van der Waals surface area contributed by atoms with E-state index in [2.05, 4.69) is 135 Å². The van der Waals surface area contributed by atoms with Crippen LogP contribution in [0, 0.1) is 0 Å². The number of aromatic nitrogens is 2. The van der Waals surface area contributed by atoms with Gasteiger partial charge in [-0.25, -0.2) is 9.97 Å². The summed E-state index contributed by atoms with van der Waals surface area (Å²) >= 11 is 0. The van der Waals surface area contributed by atoms with Gasteiger partial charge in [0.2, 0.25) is 0 Å². The third-order valence-corrected chi connectivity index (χ3v) is 9.03. The lowest BCUT2D eigenvalue weighted by Crippen LogP contribution is -2.22. The summed E-state index contributed by atoms with van der Waals surface area (Å²) in [6.45, 7) is 4.33. The third-order valence-electron chi connectivity index (χ3n) is 6.55. The van der Waals surface area contributed by atoms with Gasteiger partial charge in [0, 0.05) is 16.9 Å². The second kappa shape index (κ2) is 9.64. The quantitative estimate of drug-likeness (QED) is 0.240. The Kier molecular flexibility index (Phi) is 6.05. The fraction of sp³-hybridized carbons (Fsp3) is 0.0909. The Hall–Kier alpha value is -3.87. The molecule has 0 radical (unpaired) electrons. The largest absolute Gasteiger partial charge is 0.233 e. The minimum absolute atomic E-state index is 0.233. The molecule has 0 saturated heterocycles. The molecule has 0 saturated carbocycles. The van der Waals surface area contributed by atoms with E-state index in [1.54, 1.807) is 0 Å². The normalized spacial score (nSPS) is 11.6. The maximum Gasteiger partial charge on any atom is 0.132 e. The lowest BCUT2D eigenvalue weighted by Gasteiger charge is -2.24. The van der Waals surface area contributed by atoms with Gasteiger partial charge in [-0.1, -0.05) is 129 Å². The Bertz CT molecular complexity index is 1620. The molecule has 0 aliphatic heterocycles. The van der Waals surface area contributed by atoms with Crippen LogP contribution in [0.5, 0.6) is 0 Å². The first-order valence-electron chi connectivity index (χ1n) is 12.4. The molecule has 0 aliphatic rings. The summed E-state index contributed by atoms with van der Waals surface area (Å²) in [6.07, 6.45) is 0. The molecule has 5 aromatic carbocycles. The van der Waals surface area contributed by atoms with Gasteiger partial charge in [0.15, 0.2) is 0 Å². The standard InChI is InChI=1S/C33H27N2P/c1-23(2)33-34-29-20-12-11-19-28(29)32(35-33)31-27-18-10-9-13-24(27)21-22-30(31)36(25-14-5-3-6-15-25)26-16-7-4-8-17-26/h3-23H,1-2H3. The van der Waals surface area contributed by atoms with Crippen molar-refractivity contribution in [3.05, 3.63) is 127 Å². The summed E-state index contributed by atoms with van der Waals surface area (Å²) in [7, 11) is -0.804. The van der Waals surface area contributed by atoms with Crippen molar-refractivity contribution < 1.29 is 0 Å². The number of hydrogen-bond acceptors (Lipinski definition) is 2. The van der Waals surface area contributed by atoms with Crippen molar-refractivity contribution in [2.75, 3.05) is 0 Å². The van der Waals surface area contributed by atoms with Crippen molar-refractivity contribution in [2.45, 2.75) is 19.8 Å². The number of rotatable bonds is 5. The molecular formula is C33H27N2P. The second-order valence-corrected chi connectivity index (χ2v) is 11.5. The number of fused-ring (bicyclic) bond motifs is 2. The van der Waals surface area contributed by atoms with Gasteiger partial charge in [0.1, 0.15) is 5.82 Å². The molecule has 0 amide bonds. The van der Waals surface area contributed by atoms with E-state index in [4.69, 9.17) is 9.97 Å². The van der Waals surface area contributed by atoms with Crippen LogP contribution in [0.3, 0.4) is 0 Å². The lowest BCUT2D eigenvalue weighted by atomic mass is 9.98. The summed E-state index contributed by atoms with van der Waals surface area (Å²) in [4.78, 5) is 10.2. The van der Waals surface area contributed by atoms with Crippen LogP contribution in [0.4, 0.5) is 0 Å². The van der Waals surface area contributed by atoms with E-state index in [9.17, 15) is 0 Å². The SMILES string of the molecule is CC(C)c1nc(-c2c(P(c3ccccc3)c3ccccc3)ccc3ccccc23)c2ccccc2n1. The highest BCUT2D eigenvalue weighted by Crippen LogP contribution is 2.41. The molecule has 1 heterocycles. The fourth-order valence-corrected chi connectivity index (χ4v) is 7.29. The second-order valence-electron chi connectivity index (χ2n) is 9.29. The van der Waals surface area contributed by atoms with Gasteiger partial charge in [-0.15, -0.1) is 0 Å². The van der Waals surface area contributed by atoms with Crippen molar-refractivity contribution in [2.24, 2.45) is 0 Å². The zero-order valence-corrected chi connectivity index (χ0v) is 21.4. The van der Waals surface area contributed by atoms with Crippen LogP contribution in [-0.2, 0) is 0 Å². The highest BCUT2D eigenvalue weighted by molar-refractivity contribution is 7.80. The maximum atomic E-state index is 5.25. The van der Waals surface area contributed by atoms with Gasteiger partial charge in [0.05, 0.1) is 11.2 Å². The molecule has 6 aromatic rings. The summed E-state index contributed by atoms with van der Waals surface area (Å²) in [5, 5.41) is 7.53. The van der Waals surface area contributed by atoms with E-state index < -0.39 is 7.92 Å². The smallest absolute Gasteiger partial charge is 0.132 e. The number of nitrogens with zero attached hydrogens (tertiary/aromatic N) is 2. The number of hydrogen-bond donors (Lipinski definition) is 0. The molecule has 0 aliphatic carbocycles. The Balaban J connectivity index is 1.75. The number of para-hydroxylation sites is 1. The Morgan fingerprint density at radius 3 is 1.81 bits per heavy atom. The van der Waals surface area contributed by atoms with E-state index in [1.165, 1.54) is 32.2 Å². The molecular weight excluding hydrogens is 455 g/mol. The summed E-state index contributed by atoms with van der Waals surface area (Å²) in [6, 6.07) is 43.5. The minimum Gasteiger partial charge on any atom is -0.233 e. The summed E-state index contributed by atoms with van der Waals surface area (Å²) in [5.74, 6) is 1.11. The van der Waals surface area contributed by atoms with Crippen molar-refractivity contribution in [1.82, 2.24) is 9.97 Å². The molecule has 0 fully saturated rings. The van der Waals surface area contributed by atoms with E-state index in [-0.39, 0.29) is 5.92 Å². The molecule has 2 nitrogen and oxygen atoms in total. The Morgan fingerprint density at radius 2 is 1.14 bits per heavy atom. The molecule has 3 heteroatoms. The first-order valence-corrected chi connectivity index (χ1v) is 13.7. The predicted octanol–water partition coefficient (Wildman–Crippen LogP) is 7.33. The van der Waals surface area contributed by atoms with Gasteiger partial charge < -0.3 is 0 Å². The van der Waals surface area contributed by atoms with Crippen molar-refractivity contribution in [3.8, 4) is 11.3 Å². The van der Waals surface area contributed by atoms with Crippen LogP contribution in [0.1, 0.15) is 25.6 Å². The lowest BCUT2D eigenvalue weighted by molar-refractivity contribution is 0.785. The van der Waals surface area contributed by atoms with Gasteiger partial charge in [-0.05, 0) is 40.7 Å². The van der Waals surface area contributed by atoms with E-state index in [0.717, 1.165) is 22.4 Å². The highest BCUT2D eigenvalue weighted by Gasteiger charge is 2.24. The molecule has 6 rings (SSSR count). The molecule has 0 atom stereocenters. The molecule has 36 heavy (non-hydrogen) atoms. The summed E-state index contributed by atoms with van der Waals surface area (Å²) < 4.78 is 0. The zero-order valence-electron chi connectivity index (χ0n) is 20.5. The van der Waals surface area contributed by atoms with E-state index in [0.29, 0.717) is 0 Å². The molecule has 0 spiro atoms. The van der Waals surface area contributed by atoms with Crippen molar-refractivity contribution in [1.29, 1.82) is 0 Å². The van der Waals surface area contributed by atoms with Crippen molar-refractivity contribution in [3.63, 3.8) is 0 Å². The average Bonchev–Trinajstić information content (AvgIpc) is 2.93. The maximum absolute atomic E-state index is 5.25. The van der Waals surface area contributed by atoms with Crippen LogP contribution in [0.15, 0.2) is 121 Å². The van der Waals surface area contributed by atoms with Crippen LogP contribution < -0.4 is 15.9 Å². The highest BCUT2D eigenvalue weighted by atomic mass is 31.1. The summed E-state index contributed by atoms with van der Waals surface area (Å²) in [5.41, 5.74) is 3.23. The zero-order chi connectivity index (χ0) is 24.5. The van der Waals surface area contributed by atoms with Gasteiger partial charge in [-0.3, -0.25) is 0 Å². The van der Waals surface area contributed by atoms with Crippen molar-refractivity contribution >= 4 is 45.5 Å². The fourth-order valence-electron chi connectivity index (χ4n) is 4.82. The van der Waals surface area contributed by atoms with E-state index >= 15 is 0 Å². The molecule has 0 N–H and O–H groups in total. The van der Waals surface area contributed by atoms with Gasteiger partial charge in [-0.2, -0.15) is 0 Å². The first-order chi connectivity index (χ1) is 17.7. The average molecular weight is 483 g/mol. The molecule has 1 aromatic heterocycles. The Morgan fingerprint density at radius 1 is 0.556 bits per heavy atom. The Labute approximate surface area is 213 Å². The minimum atomic E-state index is -0.804. The van der Waals surface area contributed by atoms with Crippen LogP contribution >= 0.6 is 7.92 Å². The topological polar surface area (TPSA) is 25.8 Å². The van der Waals surface area contributed by atoms with Crippen LogP contribution in [-0.4, -0.2) is 9.97 Å². The number of benzene rings is 5. The van der Waals surface area contributed by atoms with Crippen LogP contribution in [0.25, 0.3) is 32.9 Å². The predicted molar refractivity (Wildman–Crippen MR) is 155 cm³/mol. The monoisotopic (exact) mass is 482 g/mol. The molecule has 174 valence electrons. The van der Waals surface area contributed by atoms with Crippen LogP contribution in [0.2, 0.25) is 0 Å². The molecule has 0 unspecified atom stereocenters. The van der Waals surface area contributed by atoms with Gasteiger partial charge in [0.25, 0.3) is 0 Å². The first kappa shape index (κ1) is 22.6. The van der Waals surface area contributed by atoms with Gasteiger partial charge >= 0.3 is 0 Å². The van der Waals surface area contributed by atoms with E-state index in [1.807, 2.05) is 0 Å². The molecule has 0 bridgehead atoms. The third kappa shape index (κ3) is 4.08.